The number of H-pyrrole nitrogens is 1. The highest BCUT2D eigenvalue weighted by atomic mass is 16.2. The number of carbonyl (C=O) groups is 1. The molecule has 25 heavy (non-hydrogen) atoms. The van der Waals surface area contributed by atoms with Crippen LogP contribution in [-0.2, 0) is 0 Å². The molecule has 0 saturated carbocycles. The number of piperidine rings is 1. The highest BCUT2D eigenvalue weighted by molar-refractivity contribution is 5.91. The monoisotopic (exact) mass is 344 g/mol. The largest absolute Gasteiger partial charge is 0.343 e. The molecule has 0 spiro atoms. The van der Waals surface area contributed by atoms with Crippen LogP contribution in [-0.4, -0.2) is 59.4 Å². The fourth-order valence-electron chi connectivity index (χ4n) is 4.26. The van der Waals surface area contributed by atoms with Gasteiger partial charge in [0.2, 0.25) is 0 Å². The van der Waals surface area contributed by atoms with Crippen molar-refractivity contribution in [3.63, 3.8) is 0 Å². The Hall–Kier alpha value is -1.62. The first-order valence-corrected chi connectivity index (χ1v) is 9.61. The quantitative estimate of drug-likeness (QED) is 0.853. The van der Waals surface area contributed by atoms with Gasteiger partial charge >= 0.3 is 0 Å². The molecule has 1 aliphatic carbocycles. The molecule has 1 aromatic rings. The molecule has 0 aromatic carbocycles. The molecule has 1 saturated heterocycles. The van der Waals surface area contributed by atoms with Crippen LogP contribution in [0.2, 0.25) is 0 Å². The van der Waals surface area contributed by atoms with E-state index in [0.717, 1.165) is 43.6 Å². The van der Waals surface area contributed by atoms with E-state index in [1.165, 1.54) is 19.4 Å². The first kappa shape index (κ1) is 18.2. The average Bonchev–Trinajstić information content (AvgIpc) is 3.08. The first-order valence-electron chi connectivity index (χ1n) is 9.61. The summed E-state index contributed by atoms with van der Waals surface area (Å²) in [5, 5.41) is 0. The normalized spacial score (nSPS) is 25.7. The molecule has 1 N–H and O–H groups in total. The van der Waals surface area contributed by atoms with Crippen LogP contribution in [0.15, 0.2) is 17.8 Å². The van der Waals surface area contributed by atoms with Crippen LogP contribution in [0.4, 0.5) is 0 Å². The number of aromatic amines is 1. The minimum Gasteiger partial charge on any atom is -0.343 e. The lowest BCUT2D eigenvalue weighted by Gasteiger charge is -2.37. The van der Waals surface area contributed by atoms with Crippen LogP contribution < -0.4 is 0 Å². The summed E-state index contributed by atoms with van der Waals surface area (Å²) in [6.07, 6.45) is 8.93. The summed E-state index contributed by atoms with van der Waals surface area (Å²) in [6, 6.07) is 0. The molecule has 1 fully saturated rings. The van der Waals surface area contributed by atoms with Gasteiger partial charge < -0.3 is 14.8 Å². The zero-order chi connectivity index (χ0) is 18.0. The lowest BCUT2D eigenvalue weighted by Crippen LogP contribution is -2.39. The number of hydrogen-bond donors (Lipinski definition) is 1. The molecule has 1 amide bonds. The topological polar surface area (TPSA) is 52.2 Å². The lowest BCUT2D eigenvalue weighted by molar-refractivity contribution is 0.0822. The molecule has 1 aromatic heterocycles. The fraction of sp³-hybridized carbons (Fsp3) is 0.700. The number of nitrogens with one attached hydrogen (secondary N) is 1. The number of hydrogen-bond acceptors (Lipinski definition) is 3. The van der Waals surface area contributed by atoms with Crippen molar-refractivity contribution in [3.8, 4) is 0 Å². The van der Waals surface area contributed by atoms with Crippen molar-refractivity contribution in [2.75, 3.05) is 33.7 Å². The summed E-state index contributed by atoms with van der Waals surface area (Å²) in [6.45, 7) is 8.15. The smallest absolute Gasteiger partial charge is 0.271 e. The molecule has 2 unspecified atom stereocenters. The second kappa shape index (κ2) is 7.73. The van der Waals surface area contributed by atoms with Gasteiger partial charge in [0.15, 0.2) is 0 Å². The van der Waals surface area contributed by atoms with E-state index in [4.69, 9.17) is 0 Å². The van der Waals surface area contributed by atoms with E-state index in [2.05, 4.69) is 34.8 Å². The van der Waals surface area contributed by atoms with E-state index in [1.54, 1.807) is 30.8 Å². The molecular formula is C20H32N4O. The van der Waals surface area contributed by atoms with Gasteiger partial charge in [-0.3, -0.25) is 4.79 Å². The number of rotatable bonds is 4. The number of aromatic nitrogens is 2. The van der Waals surface area contributed by atoms with Crippen LogP contribution in [0.1, 0.15) is 61.8 Å². The van der Waals surface area contributed by atoms with Gasteiger partial charge in [-0.2, -0.15) is 0 Å². The summed E-state index contributed by atoms with van der Waals surface area (Å²) >= 11 is 0. The Morgan fingerprint density at radius 2 is 2.04 bits per heavy atom. The van der Waals surface area contributed by atoms with Crippen molar-refractivity contribution in [3.05, 3.63) is 29.4 Å². The Labute approximate surface area is 151 Å². The van der Waals surface area contributed by atoms with Gasteiger partial charge in [-0.25, -0.2) is 4.98 Å². The SMILES string of the molecule is CC1=CCCC(C)C1CN1CCC(c2ncc(C(=O)N(C)C)[nH]2)CC1. The number of amides is 1. The van der Waals surface area contributed by atoms with Gasteiger partial charge in [0.05, 0.1) is 6.20 Å². The predicted molar refractivity (Wildman–Crippen MR) is 101 cm³/mol. The number of imidazole rings is 1. The number of allylic oxidation sites excluding steroid dienone is 1. The Kier molecular flexibility index (Phi) is 5.62. The third kappa shape index (κ3) is 4.14. The highest BCUT2D eigenvalue weighted by Gasteiger charge is 2.28. The van der Waals surface area contributed by atoms with Gasteiger partial charge in [0, 0.05) is 26.6 Å². The Bertz CT molecular complexity index is 625. The molecule has 3 rings (SSSR count). The van der Waals surface area contributed by atoms with Crippen LogP contribution in [0.3, 0.4) is 0 Å². The van der Waals surface area contributed by atoms with Gasteiger partial charge in [-0.15, -0.1) is 0 Å². The molecule has 5 nitrogen and oxygen atoms in total. The van der Waals surface area contributed by atoms with Crippen molar-refractivity contribution in [1.82, 2.24) is 19.8 Å². The molecule has 138 valence electrons. The number of carbonyl (C=O) groups excluding carboxylic acids is 1. The summed E-state index contributed by atoms with van der Waals surface area (Å²) in [5.74, 6) is 2.93. The van der Waals surface area contributed by atoms with E-state index >= 15 is 0 Å². The summed E-state index contributed by atoms with van der Waals surface area (Å²) in [7, 11) is 3.54. The molecule has 2 heterocycles. The Morgan fingerprint density at radius 3 is 2.68 bits per heavy atom. The minimum atomic E-state index is -0.00951. The van der Waals surface area contributed by atoms with Crippen molar-refractivity contribution in [2.45, 2.75) is 45.4 Å². The molecule has 5 heteroatoms. The standard InChI is InChI=1S/C20H32N4O/c1-14-6-5-7-15(2)17(14)13-24-10-8-16(9-11-24)19-21-12-18(22-19)20(25)23(3)4/h6,12,15-17H,5,7-11,13H2,1-4H3,(H,21,22). The zero-order valence-corrected chi connectivity index (χ0v) is 16.1. The van der Waals surface area contributed by atoms with Crippen molar-refractivity contribution in [1.29, 1.82) is 0 Å². The van der Waals surface area contributed by atoms with E-state index in [9.17, 15) is 4.79 Å². The van der Waals surface area contributed by atoms with Crippen molar-refractivity contribution >= 4 is 5.91 Å². The first-order chi connectivity index (χ1) is 12.0. The van der Waals surface area contributed by atoms with Crippen LogP contribution in [0.5, 0.6) is 0 Å². The highest BCUT2D eigenvalue weighted by Crippen LogP contribution is 2.33. The summed E-state index contributed by atoms with van der Waals surface area (Å²) < 4.78 is 0. The van der Waals surface area contributed by atoms with E-state index < -0.39 is 0 Å². The Balaban J connectivity index is 1.54. The third-order valence-electron chi connectivity index (χ3n) is 6.02. The summed E-state index contributed by atoms with van der Waals surface area (Å²) in [5.41, 5.74) is 2.18. The molecule has 2 atom stereocenters. The van der Waals surface area contributed by atoms with Gasteiger partial charge in [0.25, 0.3) is 5.91 Å². The molecule has 0 bridgehead atoms. The molecule has 0 radical (unpaired) electrons. The van der Waals surface area contributed by atoms with Crippen LogP contribution in [0.25, 0.3) is 0 Å². The molecular weight excluding hydrogens is 312 g/mol. The molecule has 2 aliphatic rings. The van der Waals surface area contributed by atoms with Gasteiger partial charge in [-0.05, 0) is 57.5 Å². The number of likely N-dealkylation sites (tertiary alicyclic amines) is 1. The average molecular weight is 345 g/mol. The second-order valence-corrected chi connectivity index (χ2v) is 8.07. The predicted octanol–water partition coefficient (Wildman–Crippen LogP) is 3.28. The van der Waals surface area contributed by atoms with Crippen molar-refractivity contribution < 1.29 is 4.79 Å². The van der Waals surface area contributed by atoms with Crippen LogP contribution >= 0.6 is 0 Å². The van der Waals surface area contributed by atoms with E-state index in [0.29, 0.717) is 11.6 Å². The second-order valence-electron chi connectivity index (χ2n) is 8.07. The maximum atomic E-state index is 12.0. The van der Waals surface area contributed by atoms with Gasteiger partial charge in [0.1, 0.15) is 11.5 Å². The molecule has 1 aliphatic heterocycles. The zero-order valence-electron chi connectivity index (χ0n) is 16.1. The van der Waals surface area contributed by atoms with E-state index in [1.807, 2.05) is 0 Å². The summed E-state index contributed by atoms with van der Waals surface area (Å²) in [4.78, 5) is 23.9. The Morgan fingerprint density at radius 1 is 1.32 bits per heavy atom. The maximum absolute atomic E-state index is 12.0. The minimum absolute atomic E-state index is 0.00951. The van der Waals surface area contributed by atoms with Gasteiger partial charge in [-0.1, -0.05) is 18.6 Å². The third-order valence-corrected chi connectivity index (χ3v) is 6.02. The van der Waals surface area contributed by atoms with E-state index in [-0.39, 0.29) is 5.91 Å². The number of nitrogens with zero attached hydrogens (tertiary/aromatic N) is 3. The van der Waals surface area contributed by atoms with Crippen LogP contribution in [0, 0.1) is 11.8 Å². The fourth-order valence-corrected chi connectivity index (χ4v) is 4.26. The maximum Gasteiger partial charge on any atom is 0.271 e. The van der Waals surface area contributed by atoms with Crippen molar-refractivity contribution in [2.24, 2.45) is 11.8 Å². The lowest BCUT2D eigenvalue weighted by atomic mass is 9.79.